The molecule has 148 valence electrons. The quantitative estimate of drug-likeness (QED) is 0.470. The highest BCUT2D eigenvalue weighted by atomic mass is 32.1. The normalized spacial score (nSPS) is 10.6. The summed E-state index contributed by atoms with van der Waals surface area (Å²) < 4.78 is 4.87. The molecule has 0 atom stereocenters. The van der Waals surface area contributed by atoms with Crippen molar-refractivity contribution >= 4 is 34.0 Å². The molecule has 29 heavy (non-hydrogen) atoms. The second-order valence-electron chi connectivity index (χ2n) is 6.55. The number of anilines is 1. The average Bonchev–Trinajstić information content (AvgIpc) is 3.05. The van der Waals surface area contributed by atoms with Crippen molar-refractivity contribution < 1.29 is 19.1 Å². The molecule has 0 bridgehead atoms. The summed E-state index contributed by atoms with van der Waals surface area (Å²) >= 11 is 1.09. The van der Waals surface area contributed by atoms with Gasteiger partial charge in [-0.2, -0.15) is 0 Å². The number of benzene rings is 2. The van der Waals surface area contributed by atoms with Gasteiger partial charge >= 0.3 is 5.97 Å². The first kappa shape index (κ1) is 20.5. The zero-order valence-corrected chi connectivity index (χ0v) is 17.2. The Morgan fingerprint density at radius 2 is 1.45 bits per heavy atom. The molecule has 0 unspecified atom stereocenters. The fourth-order valence-electron chi connectivity index (χ4n) is 3.26. The number of hydrogen-bond acceptors (Lipinski definition) is 5. The number of hydrogen-bond donors (Lipinski definition) is 1. The van der Waals surface area contributed by atoms with Gasteiger partial charge in [-0.1, -0.05) is 60.7 Å². The maximum absolute atomic E-state index is 13.3. The highest BCUT2D eigenvalue weighted by Gasteiger charge is 2.28. The Morgan fingerprint density at radius 3 is 1.90 bits per heavy atom. The standard InChI is InChI=1S/C23H21NO4S/c1-14-18(23(27)28-3)22(29-20(14)15(2)25)24-21(26)19(16-10-6-4-7-11-16)17-12-8-5-9-13-17/h4-13,19H,1-3H3,(H,24,26). The van der Waals surface area contributed by atoms with E-state index in [0.717, 1.165) is 22.5 Å². The van der Waals surface area contributed by atoms with Crippen LogP contribution >= 0.6 is 11.3 Å². The summed E-state index contributed by atoms with van der Waals surface area (Å²) in [5.74, 6) is -1.60. The van der Waals surface area contributed by atoms with Gasteiger partial charge in [0.15, 0.2) is 5.78 Å². The summed E-state index contributed by atoms with van der Waals surface area (Å²) in [7, 11) is 1.27. The molecule has 6 heteroatoms. The van der Waals surface area contributed by atoms with E-state index < -0.39 is 11.9 Å². The molecule has 0 spiro atoms. The van der Waals surface area contributed by atoms with Gasteiger partial charge in [-0.15, -0.1) is 11.3 Å². The highest BCUT2D eigenvalue weighted by molar-refractivity contribution is 7.18. The molecule has 5 nitrogen and oxygen atoms in total. The van der Waals surface area contributed by atoms with Crippen molar-refractivity contribution in [1.29, 1.82) is 0 Å². The number of ketones is 1. The van der Waals surface area contributed by atoms with Gasteiger partial charge in [0.2, 0.25) is 5.91 Å². The van der Waals surface area contributed by atoms with E-state index in [1.54, 1.807) is 6.92 Å². The molecule has 0 saturated carbocycles. The Hall–Kier alpha value is -3.25. The summed E-state index contributed by atoms with van der Waals surface area (Å²) in [6, 6.07) is 18.8. The third kappa shape index (κ3) is 4.27. The molecular formula is C23H21NO4S. The number of carbonyl (C=O) groups is 3. The van der Waals surface area contributed by atoms with E-state index in [9.17, 15) is 14.4 Å². The Morgan fingerprint density at radius 1 is 0.931 bits per heavy atom. The van der Waals surface area contributed by atoms with Crippen molar-refractivity contribution in [3.8, 4) is 0 Å². The van der Waals surface area contributed by atoms with Crippen molar-refractivity contribution in [2.45, 2.75) is 19.8 Å². The van der Waals surface area contributed by atoms with Crippen LogP contribution in [-0.4, -0.2) is 24.8 Å². The molecule has 3 rings (SSSR count). The number of thiophene rings is 1. The van der Waals surface area contributed by atoms with E-state index in [0.29, 0.717) is 15.4 Å². The second-order valence-corrected chi connectivity index (χ2v) is 7.57. The molecule has 1 heterocycles. The molecule has 0 fully saturated rings. The maximum atomic E-state index is 13.3. The van der Waals surface area contributed by atoms with Crippen LogP contribution in [-0.2, 0) is 9.53 Å². The number of rotatable bonds is 6. The van der Waals surface area contributed by atoms with Crippen LogP contribution in [0.25, 0.3) is 0 Å². The van der Waals surface area contributed by atoms with Crippen LogP contribution < -0.4 is 5.32 Å². The lowest BCUT2D eigenvalue weighted by Crippen LogP contribution is -2.23. The monoisotopic (exact) mass is 407 g/mol. The molecule has 0 aliphatic heterocycles. The van der Waals surface area contributed by atoms with Crippen LogP contribution in [0.4, 0.5) is 5.00 Å². The van der Waals surface area contributed by atoms with Crippen LogP contribution in [0.15, 0.2) is 60.7 Å². The Labute approximate surface area is 173 Å². The van der Waals surface area contributed by atoms with Gasteiger partial charge < -0.3 is 10.1 Å². The summed E-state index contributed by atoms with van der Waals surface area (Å²) in [6.45, 7) is 3.11. The molecule has 0 saturated heterocycles. The molecular weight excluding hydrogens is 386 g/mol. The summed E-state index contributed by atoms with van der Waals surface area (Å²) in [6.07, 6.45) is 0. The lowest BCUT2D eigenvalue weighted by molar-refractivity contribution is -0.116. The van der Waals surface area contributed by atoms with Crippen molar-refractivity contribution in [2.24, 2.45) is 0 Å². The maximum Gasteiger partial charge on any atom is 0.341 e. The van der Waals surface area contributed by atoms with E-state index in [4.69, 9.17) is 4.74 Å². The van der Waals surface area contributed by atoms with Crippen LogP contribution in [0.3, 0.4) is 0 Å². The fraction of sp³-hybridized carbons (Fsp3) is 0.174. The van der Waals surface area contributed by atoms with Gasteiger partial charge in [-0.25, -0.2) is 4.79 Å². The van der Waals surface area contributed by atoms with Gasteiger partial charge in [-0.05, 0) is 30.5 Å². The lowest BCUT2D eigenvalue weighted by atomic mass is 9.90. The minimum Gasteiger partial charge on any atom is -0.465 e. The molecule has 1 N–H and O–H groups in total. The van der Waals surface area contributed by atoms with E-state index in [2.05, 4.69) is 5.32 Å². The highest BCUT2D eigenvalue weighted by Crippen LogP contribution is 2.35. The fourth-order valence-corrected chi connectivity index (χ4v) is 4.35. The van der Waals surface area contributed by atoms with E-state index in [1.165, 1.54) is 14.0 Å². The van der Waals surface area contributed by atoms with Gasteiger partial charge in [-0.3, -0.25) is 9.59 Å². The minimum absolute atomic E-state index is 0.166. The van der Waals surface area contributed by atoms with Crippen molar-refractivity contribution in [3.05, 3.63) is 87.8 Å². The average molecular weight is 407 g/mol. The lowest BCUT2D eigenvalue weighted by Gasteiger charge is -2.18. The van der Waals surface area contributed by atoms with Gasteiger partial charge in [0.1, 0.15) is 5.00 Å². The van der Waals surface area contributed by atoms with E-state index >= 15 is 0 Å². The first-order valence-electron chi connectivity index (χ1n) is 9.07. The largest absolute Gasteiger partial charge is 0.465 e. The SMILES string of the molecule is COC(=O)c1c(NC(=O)C(c2ccccc2)c2ccccc2)sc(C(C)=O)c1C. The topological polar surface area (TPSA) is 72.5 Å². The second kappa shape index (κ2) is 8.84. The predicted molar refractivity (Wildman–Crippen MR) is 114 cm³/mol. The third-order valence-corrected chi connectivity index (χ3v) is 5.93. The molecule has 1 amide bonds. The first-order valence-corrected chi connectivity index (χ1v) is 9.89. The Bertz CT molecular complexity index is 1000. The van der Waals surface area contributed by atoms with Crippen molar-refractivity contribution in [1.82, 2.24) is 0 Å². The van der Waals surface area contributed by atoms with Crippen molar-refractivity contribution in [3.63, 3.8) is 0 Å². The molecule has 0 radical (unpaired) electrons. The van der Waals surface area contributed by atoms with Crippen LogP contribution in [0.1, 0.15) is 49.6 Å². The molecule has 0 aliphatic carbocycles. The van der Waals surface area contributed by atoms with Gasteiger partial charge in [0, 0.05) is 0 Å². The van der Waals surface area contributed by atoms with Crippen LogP contribution in [0, 0.1) is 6.92 Å². The number of methoxy groups -OCH3 is 1. The summed E-state index contributed by atoms with van der Waals surface area (Å²) in [5.41, 5.74) is 2.39. The number of Topliss-reactive ketones (excluding diaryl/α,β-unsaturated/α-hetero) is 1. The molecule has 3 aromatic rings. The summed E-state index contributed by atoms with van der Waals surface area (Å²) in [4.78, 5) is 38.0. The van der Waals surface area contributed by atoms with Crippen molar-refractivity contribution in [2.75, 3.05) is 12.4 Å². The zero-order chi connectivity index (χ0) is 21.0. The minimum atomic E-state index is -0.586. The number of ether oxygens (including phenoxy) is 1. The van der Waals surface area contributed by atoms with Gasteiger partial charge in [0.25, 0.3) is 0 Å². The Balaban J connectivity index is 2.04. The van der Waals surface area contributed by atoms with Crippen LogP contribution in [0.2, 0.25) is 0 Å². The molecule has 1 aromatic heterocycles. The smallest absolute Gasteiger partial charge is 0.341 e. The van der Waals surface area contributed by atoms with E-state index in [-0.39, 0.29) is 17.3 Å². The number of carbonyl (C=O) groups excluding carboxylic acids is 3. The zero-order valence-electron chi connectivity index (χ0n) is 16.4. The van der Waals surface area contributed by atoms with Gasteiger partial charge in [0.05, 0.1) is 23.5 Å². The van der Waals surface area contributed by atoms with Crippen LogP contribution in [0.5, 0.6) is 0 Å². The number of amides is 1. The number of nitrogens with one attached hydrogen (secondary N) is 1. The first-order chi connectivity index (χ1) is 13.9. The van der Waals surface area contributed by atoms with E-state index in [1.807, 2.05) is 60.7 Å². The molecule has 0 aliphatic rings. The number of esters is 1. The summed E-state index contributed by atoms with van der Waals surface area (Å²) in [5, 5.41) is 3.19. The Kier molecular flexibility index (Phi) is 6.24. The third-order valence-electron chi connectivity index (χ3n) is 4.62. The molecule has 2 aromatic carbocycles. The predicted octanol–water partition coefficient (Wildman–Crippen LogP) is 4.82.